The first-order chi connectivity index (χ1) is 16.4. The molecule has 4 aromatic rings. The normalized spacial score (nSPS) is 13.8. The van der Waals surface area contributed by atoms with Crippen LogP contribution >= 0.6 is 34.3 Å². The van der Waals surface area contributed by atoms with Gasteiger partial charge in [0.15, 0.2) is 5.15 Å². The van der Waals surface area contributed by atoms with Gasteiger partial charge in [-0.1, -0.05) is 41.0 Å². The zero-order valence-corrected chi connectivity index (χ0v) is 20.2. The lowest BCUT2D eigenvalue weighted by Gasteiger charge is -2.07. The largest absolute Gasteiger partial charge is 0.481 e. The number of nitrogens with zero attached hydrogens (tertiary/aromatic N) is 1. The third kappa shape index (κ3) is 4.28. The van der Waals surface area contributed by atoms with Crippen molar-refractivity contribution in [3.63, 3.8) is 0 Å². The molecule has 0 atom stereocenters. The van der Waals surface area contributed by atoms with Crippen molar-refractivity contribution >= 4 is 61.4 Å². The Morgan fingerprint density at radius 2 is 2.00 bits per heavy atom. The van der Waals surface area contributed by atoms with E-state index >= 15 is 0 Å². The van der Waals surface area contributed by atoms with E-state index in [0.29, 0.717) is 12.8 Å². The van der Waals surface area contributed by atoms with Crippen LogP contribution in [0.25, 0.3) is 9.40 Å². The molecule has 172 valence electrons. The third-order valence-corrected chi connectivity index (χ3v) is 8.31. The fourth-order valence-corrected chi connectivity index (χ4v) is 6.12. The molecule has 1 amide bonds. The van der Waals surface area contributed by atoms with Crippen LogP contribution in [0.2, 0.25) is 5.15 Å². The van der Waals surface area contributed by atoms with Crippen molar-refractivity contribution in [2.24, 2.45) is 0 Å². The summed E-state index contributed by atoms with van der Waals surface area (Å²) in [6.45, 7) is 2.05. The highest BCUT2D eigenvalue weighted by Gasteiger charge is 2.53. The van der Waals surface area contributed by atoms with E-state index in [0.717, 1.165) is 30.3 Å². The molecule has 10 heteroatoms. The number of carbonyl (C=O) groups excluding carboxylic acids is 1. The first-order valence-electron chi connectivity index (χ1n) is 10.3. The summed E-state index contributed by atoms with van der Waals surface area (Å²) in [5, 5.41) is 15.7. The monoisotopic (exact) mass is 512 g/mol. The Bertz CT molecular complexity index is 1450. The lowest BCUT2D eigenvalue weighted by Crippen LogP contribution is -2.17. The summed E-state index contributed by atoms with van der Waals surface area (Å²) in [6, 6.07) is 11.5. The number of aliphatic carboxylic acids is 1. The summed E-state index contributed by atoms with van der Waals surface area (Å²) in [4.78, 5) is 25.5. The number of aromatic nitrogens is 1. The van der Waals surface area contributed by atoms with Gasteiger partial charge in [-0.2, -0.15) is 0 Å². The van der Waals surface area contributed by atoms with E-state index in [2.05, 4.69) is 22.3 Å². The molecule has 3 aromatic heterocycles. The minimum atomic E-state index is -0.763. The average molecular weight is 513 g/mol. The van der Waals surface area contributed by atoms with Gasteiger partial charge in [-0.05, 0) is 54.9 Å². The van der Waals surface area contributed by atoms with Gasteiger partial charge in [-0.15, -0.1) is 22.7 Å². The fraction of sp³-hybridized carbons (Fsp3) is 0.208. The number of amides is 1. The van der Waals surface area contributed by atoms with Gasteiger partial charge in [0.2, 0.25) is 5.76 Å². The van der Waals surface area contributed by atoms with E-state index in [4.69, 9.17) is 20.9 Å². The van der Waals surface area contributed by atoms with Crippen LogP contribution < -0.4 is 5.32 Å². The lowest BCUT2D eigenvalue weighted by molar-refractivity contribution is -0.139. The van der Waals surface area contributed by atoms with Crippen molar-refractivity contribution in [2.75, 3.05) is 5.32 Å². The molecule has 5 rings (SSSR count). The maximum absolute atomic E-state index is 12.3. The molecule has 1 aliphatic rings. The number of carboxylic acids is 1. The summed E-state index contributed by atoms with van der Waals surface area (Å²) >= 11 is 9.02. The van der Waals surface area contributed by atoms with Crippen molar-refractivity contribution in [2.45, 2.75) is 31.8 Å². The number of aryl methyl sites for hydroxylation is 1. The van der Waals surface area contributed by atoms with Gasteiger partial charge in [-0.25, -0.2) is 4.79 Å². The highest BCUT2D eigenvalue weighted by molar-refractivity contribution is 7.28. The van der Waals surface area contributed by atoms with Crippen LogP contribution in [0.5, 0.6) is 0 Å². The molecule has 0 radical (unpaired) electrons. The van der Waals surface area contributed by atoms with Gasteiger partial charge in [0.25, 0.3) is 0 Å². The van der Waals surface area contributed by atoms with Crippen LogP contribution in [0.3, 0.4) is 0 Å². The van der Waals surface area contributed by atoms with Crippen LogP contribution in [0, 0.1) is 18.8 Å². The SMILES string of the molecule is Cc1ccccc1COC(=O)Nc1c(Cl)noc1C#Cc1cc2sc(C3(C(=O)O)CC3)cc2s1. The molecule has 0 bridgehead atoms. The van der Waals surface area contributed by atoms with E-state index in [1.54, 1.807) is 0 Å². The van der Waals surface area contributed by atoms with Crippen molar-refractivity contribution in [1.82, 2.24) is 5.16 Å². The second-order valence-corrected chi connectivity index (χ2v) is 10.4. The Morgan fingerprint density at radius 1 is 1.24 bits per heavy atom. The summed E-state index contributed by atoms with van der Waals surface area (Å²) < 4.78 is 12.4. The first-order valence-corrected chi connectivity index (χ1v) is 12.3. The van der Waals surface area contributed by atoms with Crippen LogP contribution in [0.4, 0.5) is 10.5 Å². The second kappa shape index (κ2) is 8.80. The maximum atomic E-state index is 12.3. The van der Waals surface area contributed by atoms with Crippen LogP contribution in [-0.4, -0.2) is 22.3 Å². The first kappa shape index (κ1) is 22.5. The van der Waals surface area contributed by atoms with E-state index in [-0.39, 0.29) is 23.2 Å². The number of halogens is 1. The third-order valence-electron chi connectivity index (χ3n) is 5.63. The van der Waals surface area contributed by atoms with Gasteiger partial charge in [0, 0.05) is 14.3 Å². The second-order valence-electron chi connectivity index (χ2n) is 7.89. The molecule has 1 aromatic carbocycles. The van der Waals surface area contributed by atoms with E-state index in [1.165, 1.54) is 22.7 Å². The minimum Gasteiger partial charge on any atom is -0.481 e. The molecule has 1 aliphatic carbocycles. The average Bonchev–Trinajstić information content (AvgIpc) is 3.25. The van der Waals surface area contributed by atoms with Gasteiger partial charge in [0.1, 0.15) is 17.7 Å². The number of nitrogens with one attached hydrogen (secondary N) is 1. The number of carboxylic acid groups (broad SMARTS) is 1. The van der Waals surface area contributed by atoms with Gasteiger partial charge >= 0.3 is 12.1 Å². The number of anilines is 1. The molecule has 1 saturated carbocycles. The van der Waals surface area contributed by atoms with E-state index in [9.17, 15) is 14.7 Å². The molecule has 34 heavy (non-hydrogen) atoms. The summed E-state index contributed by atoms with van der Waals surface area (Å²) in [5.74, 6) is 5.20. The van der Waals surface area contributed by atoms with Crippen molar-refractivity contribution in [3.05, 3.63) is 68.2 Å². The summed E-state index contributed by atoms with van der Waals surface area (Å²) in [7, 11) is 0. The number of rotatable bonds is 5. The highest BCUT2D eigenvalue weighted by atomic mass is 35.5. The van der Waals surface area contributed by atoms with Crippen molar-refractivity contribution in [3.8, 4) is 11.8 Å². The van der Waals surface area contributed by atoms with Gasteiger partial charge in [-0.3, -0.25) is 10.1 Å². The van der Waals surface area contributed by atoms with Crippen LogP contribution in [0.15, 0.2) is 40.9 Å². The molecule has 3 heterocycles. The molecule has 0 saturated heterocycles. The Hall–Kier alpha value is -3.32. The Kier molecular flexibility index (Phi) is 5.81. The van der Waals surface area contributed by atoms with Crippen LogP contribution in [-0.2, 0) is 21.6 Å². The molecular formula is C24H17ClN2O5S2. The summed E-state index contributed by atoms with van der Waals surface area (Å²) in [6.07, 6.45) is 0.657. The number of thiophene rings is 2. The molecule has 0 aliphatic heterocycles. The van der Waals surface area contributed by atoms with Gasteiger partial charge < -0.3 is 14.4 Å². The predicted molar refractivity (Wildman–Crippen MR) is 131 cm³/mol. The van der Waals surface area contributed by atoms with Crippen molar-refractivity contribution in [1.29, 1.82) is 0 Å². The number of carbonyl (C=O) groups is 2. The Morgan fingerprint density at radius 3 is 2.71 bits per heavy atom. The zero-order chi connectivity index (χ0) is 23.9. The number of fused-ring (bicyclic) bond motifs is 1. The smallest absolute Gasteiger partial charge is 0.412 e. The molecule has 7 nitrogen and oxygen atoms in total. The van der Waals surface area contributed by atoms with Crippen LogP contribution in [0.1, 0.15) is 39.5 Å². The van der Waals surface area contributed by atoms with Crippen molar-refractivity contribution < 1.29 is 24.0 Å². The lowest BCUT2D eigenvalue weighted by atomic mass is 10.1. The molecule has 1 fully saturated rings. The maximum Gasteiger partial charge on any atom is 0.412 e. The van der Waals surface area contributed by atoms with E-state index in [1.807, 2.05) is 43.3 Å². The quantitative estimate of drug-likeness (QED) is 0.310. The molecular weight excluding hydrogens is 496 g/mol. The molecule has 0 unspecified atom stereocenters. The Labute approximate surface area is 207 Å². The Balaban J connectivity index is 1.29. The van der Waals surface area contributed by atoms with E-state index < -0.39 is 17.5 Å². The fourth-order valence-electron chi connectivity index (χ4n) is 3.46. The predicted octanol–water partition coefficient (Wildman–Crippen LogP) is 6.18. The number of benzene rings is 1. The minimum absolute atomic E-state index is 0.0302. The number of hydrogen-bond donors (Lipinski definition) is 2. The molecule has 2 N–H and O–H groups in total. The van der Waals surface area contributed by atoms with Gasteiger partial charge in [0.05, 0.1) is 4.88 Å². The number of hydrogen-bond acceptors (Lipinski definition) is 7. The number of ether oxygens (including phenoxy) is 1. The summed E-state index contributed by atoms with van der Waals surface area (Å²) in [5.41, 5.74) is 1.34. The standard InChI is InChI=1S/C24H17ClN2O5S2/c1-13-4-2-3-5-14(13)12-31-23(30)26-20-16(32-27-21(20)25)7-6-15-10-17-18(33-15)11-19(34-17)24(8-9-24)22(28)29/h2-5,10-11H,8-9,12H2,1H3,(H,26,30)(H,28,29). The molecule has 0 spiro atoms. The topological polar surface area (TPSA) is 102 Å². The highest BCUT2D eigenvalue weighted by Crippen LogP contribution is 2.52. The zero-order valence-electron chi connectivity index (χ0n) is 17.8.